The van der Waals surface area contributed by atoms with Crippen LogP contribution in [0.1, 0.15) is 134 Å². The number of methoxy groups -OCH3 is 7. The average molecular weight is 1810 g/mol. The minimum atomic E-state index is -1.47. The van der Waals surface area contributed by atoms with Crippen molar-refractivity contribution in [3.05, 3.63) is 277 Å². The van der Waals surface area contributed by atoms with Crippen molar-refractivity contribution in [1.82, 2.24) is 39.9 Å². The number of hydrogen-bond acceptors (Lipinski definition) is 23. The quantitative estimate of drug-likeness (QED) is 0.0275. The van der Waals surface area contributed by atoms with Gasteiger partial charge in [0.2, 0.25) is 0 Å². The molecule has 3 aliphatic heterocycles. The maximum Gasteiger partial charge on any atom is 2.00 e. The van der Waals surface area contributed by atoms with Gasteiger partial charge in [0.05, 0.1) is 197 Å². The topological polar surface area (TPSA) is 431 Å². The second-order valence-corrected chi connectivity index (χ2v) is 29.9. The molecule has 0 fully saturated rings. The molecule has 0 unspecified atom stereocenters. The summed E-state index contributed by atoms with van der Waals surface area (Å²) in [5, 5.41) is 52.3. The van der Waals surface area contributed by atoms with Crippen LogP contribution in [0.25, 0.3) is 163 Å². The van der Waals surface area contributed by atoms with Crippen molar-refractivity contribution in [2.75, 3.05) is 49.8 Å². The van der Waals surface area contributed by atoms with Crippen molar-refractivity contribution < 1.29 is 116 Å². The Morgan fingerprint density at radius 3 is 1.11 bits per heavy atom. The number of aryl methyl sites for hydroxylation is 1. The molecule has 12 aromatic rings. The van der Waals surface area contributed by atoms with E-state index in [1.807, 2.05) is 38.1 Å². The van der Waals surface area contributed by atoms with E-state index in [-0.39, 0.29) is 218 Å². The van der Waals surface area contributed by atoms with Crippen LogP contribution in [0.5, 0.6) is 0 Å². The number of carboxylic acid groups (broad SMARTS) is 1. The second kappa shape index (κ2) is 36.0. The van der Waals surface area contributed by atoms with E-state index in [0.717, 1.165) is 6.08 Å². The molecule has 5 N–H and O–H groups in total. The van der Waals surface area contributed by atoms with E-state index >= 15 is 14.4 Å². The van der Waals surface area contributed by atoms with Crippen LogP contribution in [-0.4, -0.2) is 143 Å². The number of esters is 7. The molecule has 0 amide bonds. The van der Waals surface area contributed by atoms with Crippen molar-refractivity contribution >= 4 is 133 Å². The first-order chi connectivity index (χ1) is 61.3. The molecule has 28 nitrogen and oxygen atoms in total. The number of ether oxygens (including phenoxy) is 7. The van der Waals surface area contributed by atoms with Crippen LogP contribution < -0.4 is 0 Å². The third-order valence-electron chi connectivity index (χ3n) is 22.4. The SMILES string of the molecule is COC(=O)/C=C/c1nc(C)cc2[nH]c(cc2C(=O)OC)c(-c2ccc(C#N)cc2)c2nc(c(-c3ccc4c(c3)C(C)(C)c3cc(-c5c6nc(c(-c7ccc(C#N)cc7)c7cc(C(=O)OC)c(cc8nc(c(-c9ccc(C#N)cc9)c9cc(C(=O)OC)c5[nH]9)C=C8C(=O)OC)[nH]7)C=C6C(=O)O)ccc3-4)c3[nH]c(cc3C(=O)OC)c1-c1ccc(C#N)cc1)C(C(=O)OC)=C2.[Zn+2].[Zn+2]. The van der Waals surface area contributed by atoms with Gasteiger partial charge < -0.3 is 58.2 Å². The standard InChI is InChI=1S/C99H68N12O16.2Zn/c1-48-33-71-61(93(115)122-5)36-74(105-71)84(55-23-15-51(46-102)16-24-55)79-42-67(98(120)127-10)91(111-79)87(90-65(96(118)125-8)40-78(109-90)82(53-19-11-49(44-100)12-20-53)70(104-48)31-32-81(112)121-4)58-28-30-60-59-29-27-57(34-68(59)99(2,3)69(60)35-58)86-88-64(92(113)114)39-77(108-88)83(54-21-13-50(45-101)14-22-54)75-37-62(94(116)123-6)72(106-75)43-73-63(95(117)124-7)38-76(107-73)85(56-25-17-52(47-103)18-26-56)80-41-66(89(86)110-80)97(119)126-9;;/h11-43,105-106,109-110H,1-10H3,(H,113,114);;/q;2*+2/b32-31+,48-33?,71-33?,72-43?,73-43?,82-70?,82-78?,83-75?,83-77?,84-74?,84-79?,85-76?,85-80?,88-86?,89-86?,90-87?,91-87?,104-48?,104-70?;;. The van der Waals surface area contributed by atoms with Crippen molar-refractivity contribution in [2.45, 2.75) is 26.2 Å². The summed E-state index contributed by atoms with van der Waals surface area (Å²) in [5.41, 5.74) is 6.21. The van der Waals surface area contributed by atoms with E-state index < -0.39 is 53.2 Å². The molecule has 6 aromatic carbocycles. The number of rotatable bonds is 15. The number of carbonyl (C=O) groups excluding carboxylic acids is 7. The molecule has 1 aliphatic carbocycles. The normalized spacial score (nSPS) is 12.1. The van der Waals surface area contributed by atoms with Crippen LogP contribution in [0.3, 0.4) is 0 Å². The molecule has 0 saturated heterocycles. The van der Waals surface area contributed by atoms with Gasteiger partial charge in [-0.2, -0.15) is 21.0 Å². The van der Waals surface area contributed by atoms with Gasteiger partial charge in [0.15, 0.2) is 0 Å². The van der Waals surface area contributed by atoms with Crippen LogP contribution in [0.4, 0.5) is 0 Å². The number of H-pyrrole nitrogens is 4. The first kappa shape index (κ1) is 88.8. The fourth-order valence-electron chi connectivity index (χ4n) is 16.4. The van der Waals surface area contributed by atoms with Gasteiger partial charge in [-0.3, -0.25) is 4.98 Å². The zero-order valence-corrected chi connectivity index (χ0v) is 76.5. The number of hydrogen-bond donors (Lipinski definition) is 5. The van der Waals surface area contributed by atoms with E-state index in [2.05, 4.69) is 44.2 Å². The van der Waals surface area contributed by atoms with Crippen LogP contribution in [0, 0.1) is 52.2 Å². The smallest absolute Gasteiger partial charge is 0.478 e. The van der Waals surface area contributed by atoms with E-state index in [0.29, 0.717) is 61.2 Å². The molecule has 9 heterocycles. The maximum absolute atomic E-state index is 15.2. The van der Waals surface area contributed by atoms with Crippen molar-refractivity contribution in [3.8, 4) is 102 Å². The molecule has 16 rings (SSSR count). The molecule has 4 aliphatic rings. The molecule has 620 valence electrons. The number of nitrogens with one attached hydrogen (secondary N) is 4. The number of aliphatic carboxylic acids is 1. The summed E-state index contributed by atoms with van der Waals surface area (Å²) in [6, 6.07) is 54.2. The number of aromatic amines is 4. The van der Waals surface area contributed by atoms with Gasteiger partial charge in [0.1, 0.15) is 0 Å². The second-order valence-electron chi connectivity index (χ2n) is 29.9. The molecule has 6 aromatic heterocycles. The molecule has 14 bridgehead atoms. The van der Waals surface area contributed by atoms with E-state index in [1.54, 1.807) is 128 Å². The fraction of sp³-hybridized carbons (Fsp3) is 0.111. The van der Waals surface area contributed by atoms with Crippen molar-refractivity contribution in [2.24, 2.45) is 0 Å². The number of carbonyl (C=O) groups is 8. The van der Waals surface area contributed by atoms with E-state index in [9.17, 15) is 50.1 Å². The largest absolute Gasteiger partial charge is 2.00 e. The van der Waals surface area contributed by atoms with Crippen molar-refractivity contribution in [3.63, 3.8) is 0 Å². The van der Waals surface area contributed by atoms with Crippen LogP contribution in [-0.2, 0) is 96.7 Å². The molecule has 129 heavy (non-hydrogen) atoms. The van der Waals surface area contributed by atoms with Crippen LogP contribution in [0.2, 0.25) is 0 Å². The number of fused-ring (bicyclic) bond motifs is 17. The first-order valence-corrected chi connectivity index (χ1v) is 38.9. The van der Waals surface area contributed by atoms with Gasteiger partial charge in [-0.1, -0.05) is 86.6 Å². The van der Waals surface area contributed by atoms with Gasteiger partial charge in [-0.05, 0) is 184 Å². The molecule has 30 heteroatoms. The summed E-state index contributed by atoms with van der Waals surface area (Å²) in [5.74, 6) is -7.37. The third kappa shape index (κ3) is 16.1. The minimum Gasteiger partial charge on any atom is -0.478 e. The Morgan fingerprint density at radius 1 is 0.364 bits per heavy atom. The monoisotopic (exact) mass is 1810 g/mol. The summed E-state index contributed by atoms with van der Waals surface area (Å²) in [6.07, 6.45) is 6.84. The molecule has 0 spiro atoms. The molecular weight excluding hydrogens is 1740 g/mol. The zero-order chi connectivity index (χ0) is 89.7. The van der Waals surface area contributed by atoms with Gasteiger partial charge in [-0.25, -0.2) is 53.3 Å². The Hall–Kier alpha value is -16.5. The first-order valence-electron chi connectivity index (χ1n) is 38.9. The van der Waals surface area contributed by atoms with Gasteiger partial charge >= 0.3 is 86.7 Å². The Bertz CT molecular complexity index is 7590. The Labute approximate surface area is 759 Å². The third-order valence-corrected chi connectivity index (χ3v) is 22.4. The Morgan fingerprint density at radius 2 is 0.705 bits per heavy atom. The predicted molar refractivity (Wildman–Crippen MR) is 471 cm³/mol. The van der Waals surface area contributed by atoms with Crippen molar-refractivity contribution in [1.29, 1.82) is 21.0 Å². The Kier molecular flexibility index (Phi) is 24.8. The Balaban J connectivity index is 0.00000672. The molecule has 0 atom stereocenters. The maximum atomic E-state index is 15.2. The fourth-order valence-corrected chi connectivity index (χ4v) is 16.4. The number of carboxylic acids is 1. The summed E-state index contributed by atoms with van der Waals surface area (Å²) >= 11 is 0. The molecular formula is C99H68N12O16Zn2+4. The van der Waals surface area contributed by atoms with Crippen LogP contribution in [0.15, 0.2) is 176 Å². The zero-order valence-electron chi connectivity index (χ0n) is 70.6. The molecule has 0 radical (unpaired) electrons. The van der Waals surface area contributed by atoms with Gasteiger partial charge in [0.25, 0.3) is 0 Å². The number of benzene rings is 6. The predicted octanol–water partition coefficient (Wildman–Crippen LogP) is 17.1. The average Bonchev–Trinajstić information content (AvgIpc) is 1.56. The van der Waals surface area contributed by atoms with E-state index in [4.69, 9.17) is 53.1 Å². The summed E-state index contributed by atoms with van der Waals surface area (Å²) in [7, 11) is 8.34. The van der Waals surface area contributed by atoms with Gasteiger partial charge in [-0.15, -0.1) is 0 Å². The summed E-state index contributed by atoms with van der Waals surface area (Å²) < 4.78 is 38.2. The number of nitrogens with zero attached hydrogens (tertiary/aromatic N) is 8. The number of aromatic nitrogens is 8. The molecule has 0 saturated carbocycles. The minimum absolute atomic E-state index is 0. The van der Waals surface area contributed by atoms with E-state index in [1.165, 1.54) is 98.3 Å². The van der Waals surface area contributed by atoms with Gasteiger partial charge in [0, 0.05) is 72.6 Å². The summed E-state index contributed by atoms with van der Waals surface area (Å²) in [4.78, 5) is 150. The number of nitriles is 4. The van der Waals surface area contributed by atoms with Crippen LogP contribution >= 0.6 is 0 Å². The summed E-state index contributed by atoms with van der Waals surface area (Å²) in [6.45, 7) is 5.55.